The van der Waals surface area contributed by atoms with Crippen molar-refractivity contribution in [3.63, 3.8) is 0 Å². The van der Waals surface area contributed by atoms with Gasteiger partial charge in [-0.1, -0.05) is 36.4 Å². The summed E-state index contributed by atoms with van der Waals surface area (Å²) in [5.41, 5.74) is 3.54. The molecular formula is C20H22N2O3S. The molecule has 1 N–H and O–H groups in total. The van der Waals surface area contributed by atoms with Crippen LogP contribution in [0.1, 0.15) is 33.5 Å². The van der Waals surface area contributed by atoms with Gasteiger partial charge in [0.05, 0.1) is 4.91 Å². The van der Waals surface area contributed by atoms with Gasteiger partial charge >= 0.3 is 0 Å². The fraction of sp³-hybridized carbons (Fsp3) is 0.250. The van der Waals surface area contributed by atoms with Gasteiger partial charge in [0.25, 0.3) is 5.91 Å². The number of amides is 1. The number of nitrogens with one attached hydrogen (secondary N) is 1. The Kier molecular flexibility index (Phi) is 5.25. The molecule has 136 valence electrons. The predicted molar refractivity (Wildman–Crippen MR) is 103 cm³/mol. The van der Waals surface area contributed by atoms with Gasteiger partial charge in [0.15, 0.2) is 0 Å². The monoisotopic (exact) mass is 370 g/mol. The molecule has 0 bridgehead atoms. The van der Waals surface area contributed by atoms with Crippen LogP contribution in [0.2, 0.25) is 0 Å². The van der Waals surface area contributed by atoms with Crippen molar-refractivity contribution in [3.8, 4) is 0 Å². The van der Waals surface area contributed by atoms with Crippen LogP contribution in [-0.4, -0.2) is 32.7 Å². The van der Waals surface area contributed by atoms with E-state index < -0.39 is 10.0 Å². The van der Waals surface area contributed by atoms with Crippen LogP contribution in [0.3, 0.4) is 0 Å². The number of hydrogen-bond acceptors (Lipinski definition) is 3. The number of fused-ring (bicyclic) bond motifs is 1. The first-order valence-electron chi connectivity index (χ1n) is 8.47. The first kappa shape index (κ1) is 18.4. The smallest absolute Gasteiger partial charge is 0.251 e. The molecule has 0 unspecified atom stereocenters. The number of allylic oxidation sites excluding steroid dienone is 1. The van der Waals surface area contributed by atoms with Gasteiger partial charge in [-0.05, 0) is 47.7 Å². The van der Waals surface area contributed by atoms with E-state index in [1.165, 1.54) is 9.87 Å². The van der Waals surface area contributed by atoms with Crippen LogP contribution in [0, 0.1) is 0 Å². The number of benzene rings is 2. The van der Waals surface area contributed by atoms with Gasteiger partial charge in [-0.3, -0.25) is 4.79 Å². The van der Waals surface area contributed by atoms with E-state index in [9.17, 15) is 13.2 Å². The van der Waals surface area contributed by atoms with E-state index in [-0.39, 0.29) is 12.5 Å². The van der Waals surface area contributed by atoms with Crippen LogP contribution in [-0.2, 0) is 23.0 Å². The third kappa shape index (κ3) is 3.71. The molecule has 2 aromatic rings. The van der Waals surface area contributed by atoms with Crippen LogP contribution in [0.25, 0.3) is 6.08 Å². The minimum atomic E-state index is -3.52. The number of rotatable bonds is 5. The fourth-order valence-corrected chi connectivity index (χ4v) is 4.41. The van der Waals surface area contributed by atoms with E-state index in [0.29, 0.717) is 16.9 Å². The Bertz CT molecular complexity index is 947. The standard InChI is InChI=1S/C20H22N2O3S/c1-21-20(23)17-9-7-15(8-10-17)14-22(2)26(24,25)19-12-11-16-5-3-4-6-18(16)13-19/h3-10,13H,11-12,14H2,1-2H3,(H,21,23). The number of carbonyl (C=O) groups is 1. The molecule has 1 amide bonds. The second kappa shape index (κ2) is 7.43. The maximum Gasteiger partial charge on any atom is 0.251 e. The molecule has 0 saturated heterocycles. The topological polar surface area (TPSA) is 66.5 Å². The summed E-state index contributed by atoms with van der Waals surface area (Å²) in [6.45, 7) is 0.259. The summed E-state index contributed by atoms with van der Waals surface area (Å²) < 4.78 is 27.2. The lowest BCUT2D eigenvalue weighted by atomic mass is 9.98. The van der Waals surface area contributed by atoms with Crippen LogP contribution >= 0.6 is 0 Å². The van der Waals surface area contributed by atoms with Gasteiger partial charge in [0.1, 0.15) is 0 Å². The molecule has 1 aliphatic rings. The quantitative estimate of drug-likeness (QED) is 0.880. The molecule has 0 fully saturated rings. The van der Waals surface area contributed by atoms with E-state index in [1.807, 2.05) is 24.3 Å². The Morgan fingerprint density at radius 2 is 1.77 bits per heavy atom. The number of nitrogens with zero attached hydrogens (tertiary/aromatic N) is 1. The maximum absolute atomic E-state index is 12.9. The van der Waals surface area contributed by atoms with E-state index in [1.54, 1.807) is 44.4 Å². The molecule has 2 aromatic carbocycles. The molecular weight excluding hydrogens is 348 g/mol. The fourth-order valence-electron chi connectivity index (χ4n) is 3.06. The van der Waals surface area contributed by atoms with E-state index in [4.69, 9.17) is 0 Å². The van der Waals surface area contributed by atoms with Crippen LogP contribution in [0.4, 0.5) is 0 Å². The van der Waals surface area contributed by atoms with E-state index >= 15 is 0 Å². The second-order valence-corrected chi connectivity index (χ2v) is 8.44. The molecule has 0 heterocycles. The minimum absolute atomic E-state index is 0.163. The molecule has 3 rings (SSSR count). The number of sulfonamides is 1. The van der Waals surface area contributed by atoms with Crippen molar-refractivity contribution >= 4 is 22.0 Å². The highest BCUT2D eigenvalue weighted by molar-refractivity contribution is 7.93. The zero-order valence-corrected chi connectivity index (χ0v) is 15.7. The molecule has 26 heavy (non-hydrogen) atoms. The SMILES string of the molecule is CNC(=O)c1ccc(CN(C)S(=O)(=O)C2=Cc3ccccc3CC2)cc1. The molecule has 0 aromatic heterocycles. The molecule has 6 heteroatoms. The largest absolute Gasteiger partial charge is 0.355 e. The van der Waals surface area contributed by atoms with Crippen LogP contribution in [0.15, 0.2) is 53.4 Å². The maximum atomic E-state index is 12.9. The third-order valence-electron chi connectivity index (χ3n) is 4.60. The lowest BCUT2D eigenvalue weighted by Crippen LogP contribution is -2.28. The van der Waals surface area contributed by atoms with Gasteiger partial charge in [-0.2, -0.15) is 4.31 Å². The van der Waals surface area contributed by atoms with Gasteiger partial charge in [-0.15, -0.1) is 0 Å². The summed E-state index contributed by atoms with van der Waals surface area (Å²) in [6.07, 6.45) is 3.02. The van der Waals surface area contributed by atoms with Crippen molar-refractivity contribution in [2.24, 2.45) is 0 Å². The zero-order valence-electron chi connectivity index (χ0n) is 14.9. The van der Waals surface area contributed by atoms with Gasteiger partial charge in [0, 0.05) is 26.2 Å². The molecule has 0 spiro atoms. The molecule has 1 aliphatic carbocycles. The summed E-state index contributed by atoms with van der Waals surface area (Å²) in [5.74, 6) is -0.163. The lowest BCUT2D eigenvalue weighted by Gasteiger charge is -2.22. The molecule has 5 nitrogen and oxygen atoms in total. The van der Waals surface area contributed by atoms with Crippen LogP contribution in [0.5, 0.6) is 0 Å². The average molecular weight is 370 g/mol. The summed E-state index contributed by atoms with van der Waals surface area (Å²) in [6, 6.07) is 14.8. The second-order valence-electron chi connectivity index (χ2n) is 6.35. The number of aryl methyl sites for hydroxylation is 1. The van der Waals surface area contributed by atoms with Crippen molar-refractivity contribution in [1.82, 2.24) is 9.62 Å². The Labute approximate surface area is 154 Å². The first-order valence-corrected chi connectivity index (χ1v) is 9.91. The van der Waals surface area contributed by atoms with Gasteiger partial charge in [-0.25, -0.2) is 8.42 Å². The number of hydrogen-bond donors (Lipinski definition) is 1. The van der Waals surface area contributed by atoms with Crippen molar-refractivity contribution in [2.75, 3.05) is 14.1 Å². The average Bonchev–Trinajstić information content (AvgIpc) is 2.67. The Morgan fingerprint density at radius 3 is 2.46 bits per heavy atom. The predicted octanol–water partition coefficient (Wildman–Crippen LogP) is 2.80. The summed E-state index contributed by atoms with van der Waals surface area (Å²) in [7, 11) is -0.356. The molecule has 0 radical (unpaired) electrons. The first-order chi connectivity index (χ1) is 12.4. The van der Waals surface area contributed by atoms with Gasteiger partial charge in [0.2, 0.25) is 10.0 Å². The van der Waals surface area contributed by atoms with Crippen molar-refractivity contribution in [3.05, 3.63) is 75.7 Å². The highest BCUT2D eigenvalue weighted by atomic mass is 32.2. The third-order valence-corrected chi connectivity index (χ3v) is 6.54. The van der Waals surface area contributed by atoms with Crippen molar-refractivity contribution in [1.29, 1.82) is 0 Å². The number of carbonyl (C=O) groups excluding carboxylic acids is 1. The molecule has 0 saturated carbocycles. The normalized spacial score (nSPS) is 13.9. The Morgan fingerprint density at radius 1 is 1.08 bits per heavy atom. The summed E-state index contributed by atoms with van der Waals surface area (Å²) >= 11 is 0. The highest BCUT2D eigenvalue weighted by Crippen LogP contribution is 2.29. The van der Waals surface area contributed by atoms with E-state index in [0.717, 1.165) is 17.5 Å². The highest BCUT2D eigenvalue weighted by Gasteiger charge is 2.26. The van der Waals surface area contributed by atoms with E-state index in [2.05, 4.69) is 5.32 Å². The minimum Gasteiger partial charge on any atom is -0.355 e. The van der Waals surface area contributed by atoms with Gasteiger partial charge < -0.3 is 5.32 Å². The summed E-state index contributed by atoms with van der Waals surface area (Å²) in [5, 5.41) is 2.56. The Balaban J connectivity index is 1.78. The van der Waals surface area contributed by atoms with Crippen LogP contribution < -0.4 is 5.32 Å². The Hall–Kier alpha value is -2.44. The zero-order chi connectivity index (χ0) is 18.7. The molecule has 0 atom stereocenters. The van der Waals surface area contributed by atoms with Crippen molar-refractivity contribution < 1.29 is 13.2 Å². The molecule has 0 aliphatic heterocycles. The van der Waals surface area contributed by atoms with Crippen molar-refractivity contribution in [2.45, 2.75) is 19.4 Å². The summed E-state index contributed by atoms with van der Waals surface area (Å²) in [4.78, 5) is 12.0. The lowest BCUT2D eigenvalue weighted by molar-refractivity contribution is 0.0963.